The first-order valence-electron chi connectivity index (χ1n) is 10.7. The van der Waals surface area contributed by atoms with E-state index in [1.165, 1.54) is 24.3 Å². The first-order valence-corrected chi connectivity index (χ1v) is 12.7. The molecule has 1 aliphatic rings. The van der Waals surface area contributed by atoms with E-state index in [0.29, 0.717) is 16.1 Å². The molecule has 10 heteroatoms. The average molecular weight is 519 g/mol. The molecule has 0 aromatic heterocycles. The predicted molar refractivity (Wildman–Crippen MR) is 128 cm³/mol. The van der Waals surface area contributed by atoms with E-state index in [-0.39, 0.29) is 30.6 Å². The number of ketones is 1. The lowest BCUT2D eigenvalue weighted by Gasteiger charge is -2.25. The number of hydrogen-bond donors (Lipinski definition) is 1. The zero-order chi connectivity index (χ0) is 25.3. The van der Waals surface area contributed by atoms with Crippen molar-refractivity contribution in [2.75, 3.05) is 10.7 Å². The van der Waals surface area contributed by atoms with Crippen molar-refractivity contribution in [1.29, 1.82) is 0 Å². The van der Waals surface area contributed by atoms with E-state index in [1.807, 2.05) is 0 Å². The maximum absolute atomic E-state index is 15.0. The number of carbonyl (C=O) groups excluding carboxylic acids is 2. The van der Waals surface area contributed by atoms with Gasteiger partial charge in [-0.3, -0.25) is 9.59 Å². The molecule has 0 unspecified atom stereocenters. The van der Waals surface area contributed by atoms with Crippen molar-refractivity contribution in [2.24, 2.45) is 5.73 Å². The molecule has 0 spiro atoms. The fourth-order valence-electron chi connectivity index (χ4n) is 3.91. The van der Waals surface area contributed by atoms with Crippen LogP contribution in [0.3, 0.4) is 0 Å². The molecule has 4 rings (SSSR count). The summed E-state index contributed by atoms with van der Waals surface area (Å²) >= 11 is 5.93. The molecule has 2 N–H and O–H groups in total. The Hall–Kier alpha value is -3.14. The van der Waals surface area contributed by atoms with E-state index >= 15 is 0 Å². The summed E-state index contributed by atoms with van der Waals surface area (Å²) in [5, 5.41) is 0.478. The van der Waals surface area contributed by atoms with Gasteiger partial charge in [-0.25, -0.2) is 17.2 Å². The summed E-state index contributed by atoms with van der Waals surface area (Å²) in [5.74, 6) is -3.36. The molecule has 0 bridgehead atoms. The van der Waals surface area contributed by atoms with Gasteiger partial charge in [0, 0.05) is 11.4 Å². The third-order valence-corrected chi connectivity index (χ3v) is 7.81. The highest BCUT2D eigenvalue weighted by Crippen LogP contribution is 2.34. The van der Waals surface area contributed by atoms with Crippen LogP contribution in [-0.2, 0) is 27.6 Å². The number of halogens is 3. The van der Waals surface area contributed by atoms with E-state index in [4.69, 9.17) is 17.3 Å². The van der Waals surface area contributed by atoms with Crippen molar-refractivity contribution < 1.29 is 26.8 Å². The molecule has 3 aromatic rings. The van der Waals surface area contributed by atoms with Crippen LogP contribution in [0.5, 0.6) is 0 Å². The quantitative estimate of drug-likeness (QED) is 0.496. The molecule has 1 heterocycles. The minimum absolute atomic E-state index is 0.0545. The monoisotopic (exact) mass is 518 g/mol. The van der Waals surface area contributed by atoms with E-state index in [2.05, 4.69) is 0 Å². The lowest BCUT2D eigenvalue weighted by molar-refractivity contribution is -0.119. The molecule has 3 aromatic carbocycles. The Morgan fingerprint density at radius 3 is 2.31 bits per heavy atom. The number of carbonyl (C=O) groups is 2. The van der Waals surface area contributed by atoms with Crippen molar-refractivity contribution in [2.45, 2.75) is 30.3 Å². The Balaban J connectivity index is 1.73. The van der Waals surface area contributed by atoms with E-state index in [0.717, 1.165) is 17.0 Å². The van der Waals surface area contributed by atoms with Crippen molar-refractivity contribution >= 4 is 38.8 Å². The number of benzene rings is 3. The molecule has 35 heavy (non-hydrogen) atoms. The highest BCUT2D eigenvalue weighted by molar-refractivity contribution is 7.91. The van der Waals surface area contributed by atoms with Crippen LogP contribution in [0.2, 0.25) is 5.02 Å². The molecule has 1 atom stereocenters. The summed E-state index contributed by atoms with van der Waals surface area (Å²) in [5.41, 5.74) is 6.75. The first kappa shape index (κ1) is 25.0. The standard InChI is InChI=1S/C25H21ClF2N2O4S/c26-17-6-1-16(2-7-17)13-30-22-11-19(23(31)10-5-15-3-8-18(27)9-4-15)20(28)12-24(22)35(33,34)14-21(29)25(30)32/h1-4,6-9,11-12,21H,5,10,13-14,29H2/t21-/m0/s1. The Bertz CT molecular complexity index is 1390. The van der Waals surface area contributed by atoms with Crippen LogP contribution < -0.4 is 10.6 Å². The molecular weight excluding hydrogens is 498 g/mol. The third kappa shape index (κ3) is 5.42. The Labute approximate surface area is 206 Å². The molecule has 0 saturated heterocycles. The molecule has 6 nitrogen and oxygen atoms in total. The fourth-order valence-corrected chi connectivity index (χ4v) is 5.60. The van der Waals surface area contributed by atoms with Gasteiger partial charge in [0.1, 0.15) is 11.6 Å². The smallest absolute Gasteiger partial charge is 0.245 e. The van der Waals surface area contributed by atoms with Crippen molar-refractivity contribution in [3.8, 4) is 0 Å². The van der Waals surface area contributed by atoms with Crippen LogP contribution in [-0.4, -0.2) is 31.9 Å². The first-order chi connectivity index (χ1) is 16.5. The highest BCUT2D eigenvalue weighted by Gasteiger charge is 2.37. The normalized spacial score (nSPS) is 17.1. The molecule has 0 saturated carbocycles. The number of Topliss-reactive ketones (excluding diaryl/α,β-unsaturated/α-hetero) is 1. The largest absolute Gasteiger partial charge is 0.319 e. The number of nitrogens with zero attached hydrogens (tertiary/aromatic N) is 1. The van der Waals surface area contributed by atoms with Gasteiger partial charge in [-0.1, -0.05) is 35.9 Å². The number of aryl methyl sites for hydroxylation is 1. The maximum atomic E-state index is 15.0. The number of anilines is 1. The fraction of sp³-hybridized carbons (Fsp3) is 0.200. The molecule has 1 aliphatic heterocycles. The number of rotatable bonds is 6. The summed E-state index contributed by atoms with van der Waals surface area (Å²) in [6.45, 7) is -0.0545. The molecule has 1 amide bonds. The van der Waals surface area contributed by atoms with Crippen LogP contribution in [0.15, 0.2) is 65.6 Å². The van der Waals surface area contributed by atoms with Crippen molar-refractivity contribution in [3.63, 3.8) is 0 Å². The predicted octanol–water partition coefficient (Wildman–Crippen LogP) is 4.08. The van der Waals surface area contributed by atoms with Gasteiger partial charge < -0.3 is 10.6 Å². The minimum Gasteiger partial charge on any atom is -0.319 e. The molecular formula is C25H21ClF2N2O4S. The number of sulfone groups is 1. The van der Waals surface area contributed by atoms with Crippen molar-refractivity contribution in [1.82, 2.24) is 0 Å². The summed E-state index contributed by atoms with van der Waals surface area (Å²) in [4.78, 5) is 26.7. The summed E-state index contributed by atoms with van der Waals surface area (Å²) < 4.78 is 53.9. The zero-order valence-corrected chi connectivity index (χ0v) is 20.0. The summed E-state index contributed by atoms with van der Waals surface area (Å²) in [7, 11) is -4.11. The summed E-state index contributed by atoms with van der Waals surface area (Å²) in [6.07, 6.45) is 0.130. The van der Waals surface area contributed by atoms with Gasteiger partial charge in [-0.2, -0.15) is 0 Å². The molecule has 0 aliphatic carbocycles. The van der Waals surface area contributed by atoms with Gasteiger partial charge in [0.15, 0.2) is 15.6 Å². The van der Waals surface area contributed by atoms with E-state index in [1.54, 1.807) is 24.3 Å². The van der Waals surface area contributed by atoms with Gasteiger partial charge in [-0.05, 0) is 53.9 Å². The summed E-state index contributed by atoms with van der Waals surface area (Å²) in [6, 6.07) is 12.6. The second-order valence-electron chi connectivity index (χ2n) is 8.29. The molecule has 182 valence electrons. The molecule has 0 radical (unpaired) electrons. The van der Waals surface area contributed by atoms with Crippen LogP contribution in [0, 0.1) is 11.6 Å². The number of amides is 1. The minimum atomic E-state index is -4.11. The van der Waals surface area contributed by atoms with Crippen LogP contribution >= 0.6 is 11.6 Å². The number of nitrogens with two attached hydrogens (primary N) is 1. The van der Waals surface area contributed by atoms with E-state index in [9.17, 15) is 26.8 Å². The molecule has 0 fully saturated rings. The van der Waals surface area contributed by atoms with Gasteiger partial charge in [-0.15, -0.1) is 0 Å². The van der Waals surface area contributed by atoms with Gasteiger partial charge in [0.2, 0.25) is 5.91 Å². The lowest BCUT2D eigenvalue weighted by Crippen LogP contribution is -2.45. The second-order valence-corrected chi connectivity index (χ2v) is 10.7. The van der Waals surface area contributed by atoms with Crippen molar-refractivity contribution in [3.05, 3.63) is 94.0 Å². The lowest BCUT2D eigenvalue weighted by atomic mass is 10.0. The maximum Gasteiger partial charge on any atom is 0.245 e. The Morgan fingerprint density at radius 2 is 1.66 bits per heavy atom. The van der Waals surface area contributed by atoms with Crippen LogP contribution in [0.25, 0.3) is 0 Å². The Kier molecular flexibility index (Phi) is 7.02. The Morgan fingerprint density at radius 1 is 1.03 bits per heavy atom. The van der Waals surface area contributed by atoms with Crippen LogP contribution in [0.1, 0.15) is 27.9 Å². The number of hydrogen-bond acceptors (Lipinski definition) is 5. The average Bonchev–Trinajstić information content (AvgIpc) is 2.88. The second kappa shape index (κ2) is 9.85. The van der Waals surface area contributed by atoms with E-state index < -0.39 is 49.9 Å². The SMILES string of the molecule is N[C@H]1CS(=O)(=O)c2cc(F)c(C(=O)CCc3ccc(F)cc3)cc2N(Cc2ccc(Cl)cc2)C1=O. The van der Waals surface area contributed by atoms with Gasteiger partial charge in [0.25, 0.3) is 0 Å². The third-order valence-electron chi connectivity index (χ3n) is 5.77. The van der Waals surface area contributed by atoms with Gasteiger partial charge >= 0.3 is 0 Å². The number of fused-ring (bicyclic) bond motifs is 1. The van der Waals surface area contributed by atoms with Crippen LogP contribution in [0.4, 0.5) is 14.5 Å². The highest BCUT2D eigenvalue weighted by atomic mass is 35.5. The zero-order valence-electron chi connectivity index (χ0n) is 18.4. The topological polar surface area (TPSA) is 97.5 Å². The van der Waals surface area contributed by atoms with Gasteiger partial charge in [0.05, 0.1) is 34.5 Å².